The number of aromatic amines is 1. The lowest BCUT2D eigenvalue weighted by Crippen LogP contribution is -2.32. The fourth-order valence-electron chi connectivity index (χ4n) is 4.66. The molecule has 2 heterocycles. The van der Waals surface area contributed by atoms with Crippen molar-refractivity contribution in [2.75, 3.05) is 13.7 Å². The number of hydrogen-bond acceptors (Lipinski definition) is 4. The van der Waals surface area contributed by atoms with Gasteiger partial charge in [-0.3, -0.25) is 9.89 Å². The zero-order valence-corrected chi connectivity index (χ0v) is 21.3. The number of H-pyrrole nitrogens is 1. The van der Waals surface area contributed by atoms with E-state index in [1.54, 1.807) is 7.11 Å². The van der Waals surface area contributed by atoms with Crippen LogP contribution in [0, 0.1) is 5.92 Å². The number of rotatable bonds is 8. The summed E-state index contributed by atoms with van der Waals surface area (Å²) in [6.45, 7) is 5.26. The zero-order valence-electron chi connectivity index (χ0n) is 20.5. The Bertz CT molecular complexity index is 1370. The quantitative estimate of drug-likeness (QED) is 0.298. The molecule has 1 aliphatic rings. The first-order valence-electron chi connectivity index (χ1n) is 12.0. The highest BCUT2D eigenvalue weighted by Gasteiger charge is 2.42. The minimum atomic E-state index is -0.309. The van der Waals surface area contributed by atoms with E-state index in [4.69, 9.17) is 21.1 Å². The molecule has 0 aliphatic carbocycles. The van der Waals surface area contributed by atoms with Crippen molar-refractivity contribution in [3.05, 3.63) is 100 Å². The predicted octanol–water partition coefficient (Wildman–Crippen LogP) is 6.52. The largest absolute Gasteiger partial charge is 0.493 e. The van der Waals surface area contributed by atoms with Crippen molar-refractivity contribution < 1.29 is 14.3 Å². The molecule has 0 saturated heterocycles. The maximum atomic E-state index is 13.5. The first kappa shape index (κ1) is 23.9. The summed E-state index contributed by atoms with van der Waals surface area (Å²) in [5.74, 6) is 1.50. The Balaban J connectivity index is 1.54. The van der Waals surface area contributed by atoms with Gasteiger partial charge in [-0.25, -0.2) is 0 Å². The van der Waals surface area contributed by atoms with E-state index < -0.39 is 0 Å². The minimum Gasteiger partial charge on any atom is -0.493 e. The summed E-state index contributed by atoms with van der Waals surface area (Å²) in [5.41, 5.74) is 5.04. The number of ether oxygens (including phenoxy) is 2. The van der Waals surface area contributed by atoms with Crippen LogP contribution in [0.15, 0.2) is 72.8 Å². The molecule has 36 heavy (non-hydrogen) atoms. The Hall–Kier alpha value is -3.77. The van der Waals surface area contributed by atoms with Crippen LogP contribution < -0.4 is 9.47 Å². The molecule has 7 heteroatoms. The average Bonchev–Trinajstić information content (AvgIpc) is 3.42. The lowest BCUT2D eigenvalue weighted by Gasteiger charge is -2.28. The van der Waals surface area contributed by atoms with Crippen molar-refractivity contribution in [3.63, 3.8) is 0 Å². The van der Waals surface area contributed by atoms with Crippen molar-refractivity contribution in [2.24, 2.45) is 5.92 Å². The van der Waals surface area contributed by atoms with E-state index in [0.717, 1.165) is 27.9 Å². The van der Waals surface area contributed by atoms with Gasteiger partial charge in [0.15, 0.2) is 11.5 Å². The van der Waals surface area contributed by atoms with E-state index in [9.17, 15) is 4.79 Å². The van der Waals surface area contributed by atoms with Gasteiger partial charge in [0.25, 0.3) is 5.91 Å². The van der Waals surface area contributed by atoms with Crippen molar-refractivity contribution in [1.29, 1.82) is 0 Å². The van der Waals surface area contributed by atoms with Gasteiger partial charge in [0.05, 0.1) is 18.8 Å². The Morgan fingerprint density at radius 1 is 1.03 bits per heavy atom. The van der Waals surface area contributed by atoms with Gasteiger partial charge >= 0.3 is 0 Å². The van der Waals surface area contributed by atoms with Crippen LogP contribution in [0.25, 0.3) is 11.3 Å². The Morgan fingerprint density at radius 2 is 1.78 bits per heavy atom. The molecule has 0 radical (unpaired) electrons. The molecule has 3 aromatic carbocycles. The summed E-state index contributed by atoms with van der Waals surface area (Å²) < 4.78 is 11.8. The monoisotopic (exact) mass is 501 g/mol. The molecule has 184 valence electrons. The molecule has 5 rings (SSSR count). The normalized spacial score (nSPS) is 14.9. The van der Waals surface area contributed by atoms with Gasteiger partial charge < -0.3 is 14.4 Å². The summed E-state index contributed by atoms with van der Waals surface area (Å²) in [5, 5.41) is 8.18. The van der Waals surface area contributed by atoms with Gasteiger partial charge in [0, 0.05) is 22.7 Å². The molecule has 4 aromatic rings. The van der Waals surface area contributed by atoms with Crippen LogP contribution in [0.3, 0.4) is 0 Å². The highest BCUT2D eigenvalue weighted by molar-refractivity contribution is 6.30. The number of benzene rings is 3. The van der Waals surface area contributed by atoms with E-state index in [2.05, 4.69) is 24.0 Å². The summed E-state index contributed by atoms with van der Waals surface area (Å²) in [6, 6.07) is 23.1. The molecule has 1 N–H and O–H groups in total. The summed E-state index contributed by atoms with van der Waals surface area (Å²) in [7, 11) is 1.63. The molecule has 0 fully saturated rings. The van der Waals surface area contributed by atoms with E-state index in [0.29, 0.717) is 41.3 Å². The number of aromatic nitrogens is 2. The van der Waals surface area contributed by atoms with Gasteiger partial charge in [0.2, 0.25) is 0 Å². The highest BCUT2D eigenvalue weighted by atomic mass is 35.5. The molecular formula is C29H28ClN3O3. The Labute approximate surface area is 215 Å². The summed E-state index contributed by atoms with van der Waals surface area (Å²) in [4.78, 5) is 15.4. The molecule has 1 unspecified atom stereocenters. The standard InChI is InChI=1S/C29H28ClN3O3/c1-18(2)16-33-28(25-26(31-32-27(25)29(33)34)20-9-12-22(30)13-10-20)21-11-14-23(24(15-21)35-3)36-17-19-7-5-4-6-8-19/h4-15,18,28H,16-17H2,1-3H3,(H,31,32). The molecule has 6 nitrogen and oxygen atoms in total. The Kier molecular flexibility index (Phi) is 6.70. The summed E-state index contributed by atoms with van der Waals surface area (Å²) in [6.07, 6.45) is 0. The first-order chi connectivity index (χ1) is 17.5. The Morgan fingerprint density at radius 3 is 2.47 bits per heavy atom. The number of fused-ring (bicyclic) bond motifs is 1. The second-order valence-corrected chi connectivity index (χ2v) is 9.74. The number of halogens is 1. The van der Waals surface area contributed by atoms with Crippen LogP contribution in [0.2, 0.25) is 5.02 Å². The lowest BCUT2D eigenvalue weighted by atomic mass is 9.95. The van der Waals surface area contributed by atoms with Gasteiger partial charge in [-0.1, -0.05) is 74.0 Å². The maximum absolute atomic E-state index is 13.5. The third-order valence-corrected chi connectivity index (χ3v) is 6.54. The lowest BCUT2D eigenvalue weighted by molar-refractivity contribution is 0.0722. The second kappa shape index (κ2) is 10.1. The fraction of sp³-hybridized carbons (Fsp3) is 0.241. The minimum absolute atomic E-state index is 0.0558. The maximum Gasteiger partial charge on any atom is 0.273 e. The molecular weight excluding hydrogens is 474 g/mol. The van der Waals surface area contributed by atoms with E-state index in [1.807, 2.05) is 77.7 Å². The van der Waals surface area contributed by atoms with Crippen LogP contribution in [0.1, 0.15) is 47.1 Å². The molecule has 0 saturated carbocycles. The smallest absolute Gasteiger partial charge is 0.273 e. The number of amides is 1. The van der Waals surface area contributed by atoms with Crippen molar-refractivity contribution in [3.8, 4) is 22.8 Å². The molecule has 1 amide bonds. The van der Waals surface area contributed by atoms with Crippen molar-refractivity contribution >= 4 is 17.5 Å². The number of carbonyl (C=O) groups excluding carboxylic acids is 1. The highest BCUT2D eigenvalue weighted by Crippen LogP contribution is 2.45. The molecule has 0 bridgehead atoms. The van der Waals surface area contributed by atoms with Gasteiger partial charge in [-0.05, 0) is 41.3 Å². The van der Waals surface area contributed by atoms with Crippen LogP contribution in [-0.2, 0) is 6.61 Å². The molecule has 1 aliphatic heterocycles. The average molecular weight is 502 g/mol. The number of hydrogen-bond donors (Lipinski definition) is 1. The number of nitrogens with one attached hydrogen (secondary N) is 1. The third-order valence-electron chi connectivity index (χ3n) is 6.28. The van der Waals surface area contributed by atoms with Crippen LogP contribution in [-0.4, -0.2) is 34.7 Å². The van der Waals surface area contributed by atoms with Crippen LogP contribution in [0.5, 0.6) is 11.5 Å². The van der Waals surface area contributed by atoms with Gasteiger partial charge in [0.1, 0.15) is 12.3 Å². The van der Waals surface area contributed by atoms with Gasteiger partial charge in [-0.15, -0.1) is 0 Å². The fourth-order valence-corrected chi connectivity index (χ4v) is 4.79. The topological polar surface area (TPSA) is 67.5 Å². The predicted molar refractivity (Wildman–Crippen MR) is 141 cm³/mol. The van der Waals surface area contributed by atoms with E-state index in [-0.39, 0.29) is 11.9 Å². The second-order valence-electron chi connectivity index (χ2n) is 9.31. The number of nitrogens with zero attached hydrogens (tertiary/aromatic N) is 2. The van der Waals surface area contributed by atoms with E-state index >= 15 is 0 Å². The zero-order chi connectivity index (χ0) is 25.2. The summed E-state index contributed by atoms with van der Waals surface area (Å²) >= 11 is 6.12. The van der Waals surface area contributed by atoms with Crippen molar-refractivity contribution in [1.82, 2.24) is 15.1 Å². The van der Waals surface area contributed by atoms with Crippen LogP contribution in [0.4, 0.5) is 0 Å². The third kappa shape index (κ3) is 4.56. The molecule has 0 spiro atoms. The molecule has 1 aromatic heterocycles. The number of carbonyl (C=O) groups is 1. The number of methoxy groups -OCH3 is 1. The van der Waals surface area contributed by atoms with Crippen molar-refractivity contribution in [2.45, 2.75) is 26.5 Å². The molecule has 1 atom stereocenters. The van der Waals surface area contributed by atoms with Crippen LogP contribution >= 0.6 is 11.6 Å². The SMILES string of the molecule is COc1cc(C2c3c(-c4ccc(Cl)cc4)n[nH]c3C(=O)N2CC(C)C)ccc1OCc1ccccc1. The first-order valence-corrected chi connectivity index (χ1v) is 12.3. The van der Waals surface area contributed by atoms with E-state index in [1.165, 1.54) is 0 Å². The van der Waals surface area contributed by atoms with Gasteiger partial charge in [-0.2, -0.15) is 5.10 Å².